The van der Waals surface area contributed by atoms with E-state index in [0.29, 0.717) is 11.3 Å². The van der Waals surface area contributed by atoms with Crippen molar-refractivity contribution >= 4 is 17.6 Å². The van der Waals surface area contributed by atoms with E-state index in [2.05, 4.69) is 28.8 Å². The smallest absolute Gasteiger partial charge is 0.155 e. The second-order valence-electron chi connectivity index (χ2n) is 4.96. The van der Waals surface area contributed by atoms with Crippen LogP contribution in [0.25, 0.3) is 16.8 Å². The Balaban J connectivity index is 2.30. The molecule has 3 rings (SSSR count). The molecule has 0 unspecified atom stereocenters. The van der Waals surface area contributed by atoms with E-state index in [1.165, 1.54) is 0 Å². The van der Waals surface area contributed by atoms with Crippen LogP contribution in [0.3, 0.4) is 0 Å². The van der Waals surface area contributed by atoms with E-state index in [-0.39, 0.29) is 0 Å². The molecule has 112 valence electrons. The van der Waals surface area contributed by atoms with Gasteiger partial charge in [-0.15, -0.1) is 0 Å². The number of rotatable bonds is 5. The summed E-state index contributed by atoms with van der Waals surface area (Å²) in [6.45, 7) is 5.80. The number of hydrogen-bond acceptors (Lipinski definition) is 4. The summed E-state index contributed by atoms with van der Waals surface area (Å²) in [4.78, 5) is 18.3. The van der Waals surface area contributed by atoms with Crippen LogP contribution in [-0.2, 0) is 0 Å². The van der Waals surface area contributed by atoms with Crippen LogP contribution >= 0.6 is 0 Å². The Morgan fingerprint density at radius 2 is 1.91 bits per heavy atom. The van der Waals surface area contributed by atoms with Crippen molar-refractivity contribution in [3.8, 4) is 11.3 Å². The van der Waals surface area contributed by atoms with Gasteiger partial charge in [0.05, 0.1) is 5.56 Å². The first-order valence-electron chi connectivity index (χ1n) is 7.43. The van der Waals surface area contributed by atoms with E-state index in [0.717, 1.165) is 36.3 Å². The Morgan fingerprint density at radius 3 is 2.55 bits per heavy atom. The van der Waals surface area contributed by atoms with Crippen LogP contribution in [0.2, 0.25) is 0 Å². The fourth-order valence-corrected chi connectivity index (χ4v) is 2.68. The zero-order chi connectivity index (χ0) is 15.5. The van der Waals surface area contributed by atoms with Gasteiger partial charge in [-0.05, 0) is 13.8 Å². The fourth-order valence-electron chi connectivity index (χ4n) is 2.68. The van der Waals surface area contributed by atoms with Crippen LogP contribution in [0.15, 0.2) is 42.7 Å². The summed E-state index contributed by atoms with van der Waals surface area (Å²) in [6.07, 6.45) is 4.37. The highest BCUT2D eigenvalue weighted by Crippen LogP contribution is 2.29. The second kappa shape index (κ2) is 5.97. The Morgan fingerprint density at radius 1 is 1.18 bits per heavy atom. The first-order chi connectivity index (χ1) is 10.8. The van der Waals surface area contributed by atoms with Crippen molar-refractivity contribution < 1.29 is 4.79 Å². The molecule has 5 nitrogen and oxygen atoms in total. The van der Waals surface area contributed by atoms with Gasteiger partial charge in [0.2, 0.25) is 0 Å². The minimum Gasteiger partial charge on any atom is -0.355 e. The van der Waals surface area contributed by atoms with Crippen LogP contribution in [0, 0.1) is 0 Å². The standard InChI is InChI=1S/C17H18N4O/c1-3-20(4-2)17-16-14(12-22)15(13-8-6-5-7-9-13)19-21(16)11-10-18-17/h5-12H,3-4H2,1-2H3. The number of carbonyl (C=O) groups excluding carboxylic acids is 1. The van der Waals surface area contributed by atoms with Crippen LogP contribution < -0.4 is 4.90 Å². The third kappa shape index (κ3) is 2.24. The molecule has 0 aliphatic heterocycles. The number of benzene rings is 1. The zero-order valence-corrected chi connectivity index (χ0v) is 12.7. The third-order valence-corrected chi connectivity index (χ3v) is 3.79. The van der Waals surface area contributed by atoms with Gasteiger partial charge in [0.15, 0.2) is 12.1 Å². The zero-order valence-electron chi connectivity index (χ0n) is 12.7. The highest BCUT2D eigenvalue weighted by Gasteiger charge is 2.19. The summed E-state index contributed by atoms with van der Waals surface area (Å²) >= 11 is 0. The molecule has 22 heavy (non-hydrogen) atoms. The molecule has 0 bridgehead atoms. The normalized spacial score (nSPS) is 10.8. The average molecular weight is 294 g/mol. The van der Waals surface area contributed by atoms with E-state index in [1.54, 1.807) is 16.9 Å². The summed E-state index contributed by atoms with van der Waals surface area (Å²) in [5.41, 5.74) is 2.97. The first kappa shape index (κ1) is 14.3. The average Bonchev–Trinajstić information content (AvgIpc) is 2.96. The Kier molecular flexibility index (Phi) is 3.87. The van der Waals surface area contributed by atoms with Gasteiger partial charge >= 0.3 is 0 Å². The van der Waals surface area contributed by atoms with Gasteiger partial charge in [-0.2, -0.15) is 5.10 Å². The van der Waals surface area contributed by atoms with Gasteiger partial charge in [0, 0.05) is 31.0 Å². The van der Waals surface area contributed by atoms with E-state index < -0.39 is 0 Å². The van der Waals surface area contributed by atoms with Crippen molar-refractivity contribution in [1.82, 2.24) is 14.6 Å². The summed E-state index contributed by atoms with van der Waals surface area (Å²) in [6, 6.07) is 9.75. The Hall–Kier alpha value is -2.69. The molecule has 5 heteroatoms. The lowest BCUT2D eigenvalue weighted by molar-refractivity contribution is 0.112. The lowest BCUT2D eigenvalue weighted by Gasteiger charge is -2.20. The SMILES string of the molecule is CCN(CC)c1nccn2nc(-c3ccccc3)c(C=O)c12. The van der Waals surface area contributed by atoms with Crippen molar-refractivity contribution in [3.05, 3.63) is 48.3 Å². The highest BCUT2D eigenvalue weighted by atomic mass is 16.1. The van der Waals surface area contributed by atoms with Gasteiger partial charge in [-0.3, -0.25) is 4.79 Å². The quantitative estimate of drug-likeness (QED) is 0.679. The van der Waals surface area contributed by atoms with Crippen molar-refractivity contribution in [2.24, 2.45) is 0 Å². The molecule has 0 aliphatic rings. The number of anilines is 1. The summed E-state index contributed by atoms with van der Waals surface area (Å²) < 4.78 is 1.74. The molecule has 2 aromatic heterocycles. The lowest BCUT2D eigenvalue weighted by atomic mass is 10.1. The Bertz CT molecular complexity index is 791. The summed E-state index contributed by atoms with van der Waals surface area (Å²) in [5.74, 6) is 0.796. The molecule has 0 saturated heterocycles. The first-order valence-corrected chi connectivity index (χ1v) is 7.43. The molecule has 1 aromatic carbocycles. The molecule has 0 aliphatic carbocycles. The van der Waals surface area contributed by atoms with Gasteiger partial charge in [0.1, 0.15) is 11.2 Å². The van der Waals surface area contributed by atoms with E-state index in [4.69, 9.17) is 0 Å². The monoisotopic (exact) mass is 294 g/mol. The predicted molar refractivity (Wildman–Crippen MR) is 87.4 cm³/mol. The minimum atomic E-state index is 0.584. The molecular formula is C17H18N4O. The predicted octanol–water partition coefficient (Wildman–Crippen LogP) is 3.06. The van der Waals surface area contributed by atoms with Gasteiger partial charge in [0.25, 0.3) is 0 Å². The molecule has 0 N–H and O–H groups in total. The molecule has 3 aromatic rings. The number of aldehydes is 1. The van der Waals surface area contributed by atoms with E-state index >= 15 is 0 Å². The minimum absolute atomic E-state index is 0.584. The maximum Gasteiger partial charge on any atom is 0.155 e. The molecule has 0 atom stereocenters. The summed E-state index contributed by atoms with van der Waals surface area (Å²) in [7, 11) is 0. The van der Waals surface area contributed by atoms with Gasteiger partial charge in [-0.25, -0.2) is 9.50 Å². The van der Waals surface area contributed by atoms with Crippen LogP contribution in [-0.4, -0.2) is 34.0 Å². The molecule has 0 spiro atoms. The maximum atomic E-state index is 11.7. The number of fused-ring (bicyclic) bond motifs is 1. The molecular weight excluding hydrogens is 276 g/mol. The molecule has 0 amide bonds. The third-order valence-electron chi connectivity index (χ3n) is 3.79. The Labute approximate surface area is 129 Å². The van der Waals surface area contributed by atoms with Crippen LogP contribution in [0.1, 0.15) is 24.2 Å². The van der Waals surface area contributed by atoms with Gasteiger partial charge in [-0.1, -0.05) is 30.3 Å². The topological polar surface area (TPSA) is 50.5 Å². The lowest BCUT2D eigenvalue weighted by Crippen LogP contribution is -2.23. The summed E-state index contributed by atoms with van der Waals surface area (Å²) in [5, 5.41) is 4.58. The van der Waals surface area contributed by atoms with Crippen molar-refractivity contribution in [3.63, 3.8) is 0 Å². The molecule has 0 radical (unpaired) electrons. The van der Waals surface area contributed by atoms with Crippen molar-refractivity contribution in [1.29, 1.82) is 0 Å². The second-order valence-corrected chi connectivity index (χ2v) is 4.96. The largest absolute Gasteiger partial charge is 0.355 e. The fraction of sp³-hybridized carbons (Fsp3) is 0.235. The van der Waals surface area contributed by atoms with Crippen LogP contribution in [0.4, 0.5) is 5.82 Å². The maximum absolute atomic E-state index is 11.7. The van der Waals surface area contributed by atoms with Crippen molar-refractivity contribution in [2.75, 3.05) is 18.0 Å². The van der Waals surface area contributed by atoms with E-state index in [9.17, 15) is 4.79 Å². The van der Waals surface area contributed by atoms with Crippen molar-refractivity contribution in [2.45, 2.75) is 13.8 Å². The molecule has 0 saturated carbocycles. The van der Waals surface area contributed by atoms with E-state index in [1.807, 2.05) is 30.3 Å². The number of carbonyl (C=O) groups is 1. The number of hydrogen-bond donors (Lipinski definition) is 0. The number of aromatic nitrogens is 3. The van der Waals surface area contributed by atoms with Crippen LogP contribution in [0.5, 0.6) is 0 Å². The molecule has 0 fully saturated rings. The number of nitrogens with zero attached hydrogens (tertiary/aromatic N) is 4. The highest BCUT2D eigenvalue weighted by molar-refractivity contribution is 5.98. The van der Waals surface area contributed by atoms with Gasteiger partial charge < -0.3 is 4.90 Å². The molecule has 2 heterocycles.